The Labute approximate surface area is 195 Å². The summed E-state index contributed by atoms with van der Waals surface area (Å²) in [5.41, 5.74) is 3.34. The molecule has 4 heterocycles. The number of fused-ring (bicyclic) bond motifs is 2. The van der Waals surface area contributed by atoms with Crippen molar-refractivity contribution >= 4 is 17.4 Å². The van der Waals surface area contributed by atoms with Crippen molar-refractivity contribution in [3.63, 3.8) is 0 Å². The standard InChI is InChI=1S/C24H25N7O3/c1-14-22-17(16-8-5-9-18(33-2)23(16)34-15-6-3-4-7-15)12-21(32)26-24(22)31(28-14)20-11-10-19-27-25-13-30(19)29-20/h5,8-11,13,15,17H,3-4,6-7,12H2,1-2H3,(H,26,32)/t17-/m0/s1. The van der Waals surface area contributed by atoms with E-state index in [2.05, 4.69) is 20.6 Å². The molecular formula is C24H25N7O3. The maximum absolute atomic E-state index is 12.9. The Morgan fingerprint density at radius 1 is 1.12 bits per heavy atom. The van der Waals surface area contributed by atoms with E-state index in [9.17, 15) is 4.79 Å². The van der Waals surface area contributed by atoms with Crippen LogP contribution in [-0.4, -0.2) is 48.7 Å². The minimum Gasteiger partial charge on any atom is -0.493 e. The van der Waals surface area contributed by atoms with Crippen LogP contribution in [0.4, 0.5) is 5.82 Å². The number of aromatic nitrogens is 6. The SMILES string of the molecule is COc1cccc([C@@H]2CC(=O)Nc3c2c(C)nn3-c2ccc3nncn3n2)c1OC1CCCC1. The van der Waals surface area contributed by atoms with Crippen LogP contribution in [0.5, 0.6) is 11.5 Å². The fourth-order valence-corrected chi connectivity index (χ4v) is 5.08. The molecule has 1 aromatic carbocycles. The summed E-state index contributed by atoms with van der Waals surface area (Å²) >= 11 is 0. The summed E-state index contributed by atoms with van der Waals surface area (Å²) in [6.07, 6.45) is 6.39. The first-order valence-electron chi connectivity index (χ1n) is 11.5. The smallest absolute Gasteiger partial charge is 0.226 e. The number of hydrogen-bond acceptors (Lipinski definition) is 7. The number of ether oxygens (including phenoxy) is 2. The van der Waals surface area contributed by atoms with Gasteiger partial charge in [-0.25, -0.2) is 0 Å². The lowest BCUT2D eigenvalue weighted by Gasteiger charge is -2.27. The Balaban J connectivity index is 1.48. The van der Waals surface area contributed by atoms with Gasteiger partial charge in [0.05, 0.1) is 18.9 Å². The van der Waals surface area contributed by atoms with E-state index in [4.69, 9.17) is 14.6 Å². The number of nitrogens with zero attached hydrogens (tertiary/aromatic N) is 6. The highest BCUT2D eigenvalue weighted by atomic mass is 16.5. The number of rotatable bonds is 5. The van der Waals surface area contributed by atoms with Crippen molar-refractivity contribution in [2.24, 2.45) is 0 Å². The van der Waals surface area contributed by atoms with Crippen molar-refractivity contribution in [1.82, 2.24) is 29.6 Å². The molecular weight excluding hydrogens is 434 g/mol. The largest absolute Gasteiger partial charge is 0.493 e. The second-order valence-corrected chi connectivity index (χ2v) is 8.79. The van der Waals surface area contributed by atoms with E-state index in [0.29, 0.717) is 29.5 Å². The van der Waals surface area contributed by atoms with Crippen molar-refractivity contribution in [1.29, 1.82) is 0 Å². The van der Waals surface area contributed by atoms with Gasteiger partial charge in [0.25, 0.3) is 0 Å². The molecule has 0 bridgehead atoms. The second-order valence-electron chi connectivity index (χ2n) is 8.79. The van der Waals surface area contributed by atoms with Gasteiger partial charge < -0.3 is 14.8 Å². The predicted octanol–water partition coefficient (Wildman–Crippen LogP) is 3.42. The van der Waals surface area contributed by atoms with Crippen LogP contribution >= 0.6 is 0 Å². The number of nitrogens with one attached hydrogen (secondary N) is 1. The fourth-order valence-electron chi connectivity index (χ4n) is 5.08. The third kappa shape index (κ3) is 3.37. The number of aryl methyl sites for hydroxylation is 1. The predicted molar refractivity (Wildman–Crippen MR) is 124 cm³/mol. The van der Waals surface area contributed by atoms with Gasteiger partial charge in [-0.05, 0) is 50.8 Å². The van der Waals surface area contributed by atoms with Gasteiger partial charge in [-0.3, -0.25) is 4.79 Å². The zero-order valence-corrected chi connectivity index (χ0v) is 19.1. The number of para-hydroxylation sites is 1. The molecule has 1 aliphatic heterocycles. The topological polar surface area (TPSA) is 108 Å². The molecule has 0 saturated heterocycles. The van der Waals surface area contributed by atoms with E-state index in [1.165, 1.54) is 19.2 Å². The molecule has 174 valence electrons. The van der Waals surface area contributed by atoms with E-state index in [-0.39, 0.29) is 17.9 Å². The number of benzene rings is 1. The summed E-state index contributed by atoms with van der Waals surface area (Å²) in [5, 5.41) is 20.2. The minimum absolute atomic E-state index is 0.0846. The molecule has 4 aromatic rings. The van der Waals surface area contributed by atoms with Gasteiger partial charge in [-0.2, -0.15) is 14.3 Å². The average Bonchev–Trinajstić information content (AvgIpc) is 3.59. The zero-order valence-electron chi connectivity index (χ0n) is 19.1. The highest BCUT2D eigenvalue weighted by molar-refractivity contribution is 5.95. The molecule has 2 aliphatic rings. The van der Waals surface area contributed by atoms with Crippen molar-refractivity contribution in [3.05, 3.63) is 53.5 Å². The van der Waals surface area contributed by atoms with Crippen molar-refractivity contribution in [2.45, 2.75) is 51.0 Å². The number of amides is 1. The van der Waals surface area contributed by atoms with Gasteiger partial charge >= 0.3 is 0 Å². The zero-order chi connectivity index (χ0) is 23.2. The molecule has 0 radical (unpaired) electrons. The summed E-state index contributed by atoms with van der Waals surface area (Å²) in [4.78, 5) is 12.9. The van der Waals surface area contributed by atoms with Gasteiger partial charge in [0.2, 0.25) is 5.91 Å². The molecule has 10 heteroatoms. The van der Waals surface area contributed by atoms with Gasteiger partial charge in [-0.15, -0.1) is 15.3 Å². The summed E-state index contributed by atoms with van der Waals surface area (Å²) < 4.78 is 15.4. The van der Waals surface area contributed by atoms with Crippen LogP contribution in [0.3, 0.4) is 0 Å². The van der Waals surface area contributed by atoms with E-state index >= 15 is 0 Å². The van der Waals surface area contributed by atoms with E-state index in [0.717, 1.165) is 35.4 Å². The first-order valence-corrected chi connectivity index (χ1v) is 11.5. The number of carbonyl (C=O) groups excluding carboxylic acids is 1. The molecule has 1 atom stereocenters. The van der Waals surface area contributed by atoms with Crippen LogP contribution in [0.2, 0.25) is 0 Å². The molecule has 6 rings (SSSR count). The third-order valence-electron chi connectivity index (χ3n) is 6.66. The molecule has 10 nitrogen and oxygen atoms in total. The number of hydrogen-bond donors (Lipinski definition) is 1. The molecule has 34 heavy (non-hydrogen) atoms. The van der Waals surface area contributed by atoms with Crippen LogP contribution in [0.1, 0.15) is 54.8 Å². The maximum Gasteiger partial charge on any atom is 0.226 e. The quantitative estimate of drug-likeness (QED) is 0.487. The summed E-state index contributed by atoms with van der Waals surface area (Å²) in [6.45, 7) is 1.95. The Kier molecular flexibility index (Phi) is 4.93. The first-order chi connectivity index (χ1) is 16.6. The monoisotopic (exact) mass is 459 g/mol. The maximum atomic E-state index is 12.9. The van der Waals surface area contributed by atoms with E-state index in [1.54, 1.807) is 16.3 Å². The molecule has 1 aliphatic carbocycles. The van der Waals surface area contributed by atoms with Gasteiger partial charge in [0.1, 0.15) is 12.1 Å². The molecule has 1 fully saturated rings. The number of anilines is 1. The van der Waals surface area contributed by atoms with Gasteiger partial charge in [0, 0.05) is 23.5 Å². The number of methoxy groups -OCH3 is 1. The summed E-state index contributed by atoms with van der Waals surface area (Å²) in [5.74, 6) is 2.28. The Hall–Kier alpha value is -3.95. The van der Waals surface area contributed by atoms with Crippen molar-refractivity contribution in [3.8, 4) is 17.3 Å². The lowest BCUT2D eigenvalue weighted by molar-refractivity contribution is -0.116. The van der Waals surface area contributed by atoms with Gasteiger partial charge in [0.15, 0.2) is 23.0 Å². The Morgan fingerprint density at radius 3 is 2.79 bits per heavy atom. The van der Waals surface area contributed by atoms with Crippen LogP contribution in [0, 0.1) is 6.92 Å². The fraction of sp³-hybridized carbons (Fsp3) is 0.375. The van der Waals surface area contributed by atoms with Crippen LogP contribution in [0.15, 0.2) is 36.7 Å². The Bertz CT molecular complexity index is 1390. The lowest BCUT2D eigenvalue weighted by Crippen LogP contribution is -2.26. The molecule has 1 saturated carbocycles. The Morgan fingerprint density at radius 2 is 1.97 bits per heavy atom. The molecule has 0 spiro atoms. The highest BCUT2D eigenvalue weighted by Crippen LogP contribution is 2.46. The summed E-state index contributed by atoms with van der Waals surface area (Å²) in [6, 6.07) is 9.51. The van der Waals surface area contributed by atoms with E-state index in [1.807, 2.05) is 37.3 Å². The lowest BCUT2D eigenvalue weighted by atomic mass is 9.85. The van der Waals surface area contributed by atoms with Crippen molar-refractivity contribution in [2.75, 3.05) is 12.4 Å². The average molecular weight is 460 g/mol. The van der Waals surface area contributed by atoms with Crippen LogP contribution < -0.4 is 14.8 Å². The molecule has 3 aromatic heterocycles. The van der Waals surface area contributed by atoms with Gasteiger partial charge in [-0.1, -0.05) is 12.1 Å². The third-order valence-corrected chi connectivity index (χ3v) is 6.66. The molecule has 1 amide bonds. The first kappa shape index (κ1) is 20.6. The van der Waals surface area contributed by atoms with Crippen LogP contribution in [-0.2, 0) is 4.79 Å². The number of carbonyl (C=O) groups is 1. The molecule has 1 N–H and O–H groups in total. The van der Waals surface area contributed by atoms with Crippen LogP contribution in [0.25, 0.3) is 11.5 Å². The minimum atomic E-state index is -0.220. The van der Waals surface area contributed by atoms with Crippen molar-refractivity contribution < 1.29 is 14.3 Å². The molecule has 0 unspecified atom stereocenters. The van der Waals surface area contributed by atoms with E-state index < -0.39 is 0 Å². The normalized spacial score (nSPS) is 18.2. The second kappa shape index (κ2) is 8.12. The summed E-state index contributed by atoms with van der Waals surface area (Å²) in [7, 11) is 1.65. The highest BCUT2D eigenvalue weighted by Gasteiger charge is 2.36.